The van der Waals surface area contributed by atoms with E-state index in [-0.39, 0.29) is 24.3 Å². The topological polar surface area (TPSA) is 70.7 Å². The second kappa shape index (κ2) is 12.1. The Morgan fingerprint density at radius 3 is 2.15 bits per heavy atom. The second-order valence-electron chi connectivity index (χ2n) is 8.31. The van der Waals surface area contributed by atoms with Crippen molar-refractivity contribution in [3.63, 3.8) is 0 Å². The highest BCUT2D eigenvalue weighted by molar-refractivity contribution is 6.02. The molecule has 0 aliphatic rings. The molecule has 4 aromatic rings. The fourth-order valence-electron chi connectivity index (χ4n) is 3.63. The van der Waals surface area contributed by atoms with Crippen molar-refractivity contribution in [2.75, 3.05) is 23.3 Å². The van der Waals surface area contributed by atoms with Gasteiger partial charge in [0.05, 0.1) is 11.3 Å². The lowest BCUT2D eigenvalue weighted by molar-refractivity contribution is -0.137. The van der Waals surface area contributed by atoms with Crippen LogP contribution in [0.4, 0.5) is 33.7 Å². The van der Waals surface area contributed by atoms with Crippen molar-refractivity contribution >= 4 is 23.3 Å². The van der Waals surface area contributed by atoms with Gasteiger partial charge in [0.2, 0.25) is 0 Å². The highest BCUT2D eigenvalue weighted by Gasteiger charge is 2.31. The van der Waals surface area contributed by atoms with Crippen molar-refractivity contribution in [2.24, 2.45) is 0 Å². The number of halogens is 4. The molecule has 0 atom stereocenters. The number of benzene rings is 4. The summed E-state index contributed by atoms with van der Waals surface area (Å²) in [6.45, 7) is -0.161. The SMILES string of the molecule is O=C(NCCN(C(=O)Nc1ccccc1F)c1ccc(Oc2ccccc2)cc1)c1cccc(C(F)(F)F)c1. The third kappa shape index (κ3) is 7.35. The van der Waals surface area contributed by atoms with E-state index in [9.17, 15) is 27.2 Å². The van der Waals surface area contributed by atoms with Gasteiger partial charge in [-0.05, 0) is 66.7 Å². The number of nitrogens with zero attached hydrogens (tertiary/aromatic N) is 1. The molecule has 10 heteroatoms. The molecule has 0 saturated heterocycles. The van der Waals surface area contributed by atoms with E-state index in [4.69, 9.17) is 4.74 Å². The molecule has 3 amide bonds. The van der Waals surface area contributed by atoms with E-state index in [0.29, 0.717) is 17.2 Å². The zero-order valence-electron chi connectivity index (χ0n) is 20.4. The van der Waals surface area contributed by atoms with E-state index in [1.807, 2.05) is 18.2 Å². The number of para-hydroxylation sites is 2. The van der Waals surface area contributed by atoms with Crippen molar-refractivity contribution in [1.82, 2.24) is 5.32 Å². The molecule has 0 aliphatic carbocycles. The minimum Gasteiger partial charge on any atom is -0.457 e. The Bertz CT molecular complexity index is 1430. The summed E-state index contributed by atoms with van der Waals surface area (Å²) in [5.74, 6) is -0.230. The lowest BCUT2D eigenvalue weighted by Crippen LogP contribution is -2.41. The number of anilines is 2. The molecule has 2 N–H and O–H groups in total. The summed E-state index contributed by atoms with van der Waals surface area (Å²) in [7, 11) is 0. The highest BCUT2D eigenvalue weighted by Crippen LogP contribution is 2.29. The maximum atomic E-state index is 14.2. The summed E-state index contributed by atoms with van der Waals surface area (Å²) in [4.78, 5) is 26.9. The fraction of sp³-hybridized carbons (Fsp3) is 0.103. The minimum atomic E-state index is -4.59. The summed E-state index contributed by atoms with van der Waals surface area (Å²) in [5.41, 5.74) is -0.740. The van der Waals surface area contributed by atoms with Crippen LogP contribution in [0.3, 0.4) is 0 Å². The van der Waals surface area contributed by atoms with Crippen molar-refractivity contribution in [3.8, 4) is 11.5 Å². The Morgan fingerprint density at radius 2 is 1.46 bits per heavy atom. The lowest BCUT2D eigenvalue weighted by Gasteiger charge is -2.24. The summed E-state index contributed by atoms with van der Waals surface area (Å²) >= 11 is 0. The first kappa shape index (κ1) is 27.2. The summed E-state index contributed by atoms with van der Waals surface area (Å²) in [6, 6.07) is 24.6. The minimum absolute atomic E-state index is 0.0375. The molecular formula is C29H23F4N3O3. The molecule has 200 valence electrons. The Kier molecular flexibility index (Phi) is 8.45. The molecule has 0 unspecified atom stereocenters. The Balaban J connectivity index is 1.48. The molecule has 0 aliphatic heterocycles. The molecule has 39 heavy (non-hydrogen) atoms. The number of nitrogens with one attached hydrogen (secondary N) is 2. The van der Waals surface area contributed by atoms with Gasteiger partial charge < -0.3 is 15.4 Å². The quantitative estimate of drug-likeness (QED) is 0.236. The first-order valence-corrected chi connectivity index (χ1v) is 11.8. The largest absolute Gasteiger partial charge is 0.457 e. The second-order valence-corrected chi connectivity index (χ2v) is 8.31. The van der Waals surface area contributed by atoms with Crippen molar-refractivity contribution < 1.29 is 31.9 Å². The zero-order chi connectivity index (χ0) is 27.8. The number of carbonyl (C=O) groups is 2. The molecule has 6 nitrogen and oxygen atoms in total. The van der Waals surface area contributed by atoms with Crippen LogP contribution in [-0.2, 0) is 6.18 Å². The van der Waals surface area contributed by atoms with E-state index in [1.54, 1.807) is 42.5 Å². The molecule has 0 bridgehead atoms. The smallest absolute Gasteiger partial charge is 0.416 e. The Morgan fingerprint density at radius 1 is 0.795 bits per heavy atom. The molecule has 0 fully saturated rings. The molecule has 0 radical (unpaired) electrons. The van der Waals surface area contributed by atoms with E-state index in [1.165, 1.54) is 29.2 Å². The van der Waals surface area contributed by atoms with Gasteiger partial charge in [-0.15, -0.1) is 0 Å². The van der Waals surface area contributed by atoms with Gasteiger partial charge in [0.15, 0.2) is 0 Å². The van der Waals surface area contributed by atoms with Gasteiger partial charge in [0.25, 0.3) is 5.91 Å². The molecule has 0 saturated carbocycles. The standard InChI is InChI=1S/C29H23F4N3O3/c30-25-11-4-5-12-26(25)35-28(38)36(22-13-15-24(16-14-22)39-23-9-2-1-3-10-23)18-17-34-27(37)20-7-6-8-21(19-20)29(31,32)33/h1-16,19H,17-18H2,(H,34,37)(H,35,38). The number of ether oxygens (including phenoxy) is 1. The van der Waals surface area contributed by atoms with E-state index in [0.717, 1.165) is 18.2 Å². The van der Waals surface area contributed by atoms with Gasteiger partial charge in [-0.3, -0.25) is 9.69 Å². The predicted molar refractivity (Wildman–Crippen MR) is 139 cm³/mol. The first-order valence-electron chi connectivity index (χ1n) is 11.8. The van der Waals surface area contributed by atoms with Gasteiger partial charge >= 0.3 is 12.2 Å². The molecule has 0 aromatic heterocycles. The van der Waals surface area contributed by atoms with Gasteiger partial charge in [-0.25, -0.2) is 9.18 Å². The fourth-order valence-corrected chi connectivity index (χ4v) is 3.63. The van der Waals surface area contributed by atoms with Crippen LogP contribution >= 0.6 is 0 Å². The number of rotatable bonds is 8. The number of amides is 3. The predicted octanol–water partition coefficient (Wildman–Crippen LogP) is 7.11. The van der Waals surface area contributed by atoms with Crippen molar-refractivity contribution in [3.05, 3.63) is 120 Å². The zero-order valence-corrected chi connectivity index (χ0v) is 20.4. The maximum Gasteiger partial charge on any atom is 0.416 e. The van der Waals surface area contributed by atoms with Crippen LogP contribution < -0.4 is 20.3 Å². The van der Waals surface area contributed by atoms with Crippen LogP contribution in [0.2, 0.25) is 0 Å². The van der Waals surface area contributed by atoms with Crippen molar-refractivity contribution in [2.45, 2.75) is 6.18 Å². The van der Waals surface area contributed by atoms with Gasteiger partial charge in [-0.1, -0.05) is 36.4 Å². The van der Waals surface area contributed by atoms with Crippen LogP contribution in [0.15, 0.2) is 103 Å². The molecule has 4 rings (SSSR count). The van der Waals surface area contributed by atoms with E-state index >= 15 is 0 Å². The molecule has 4 aromatic carbocycles. The van der Waals surface area contributed by atoms with E-state index in [2.05, 4.69) is 10.6 Å². The Labute approximate surface area is 221 Å². The van der Waals surface area contributed by atoms with Crippen molar-refractivity contribution in [1.29, 1.82) is 0 Å². The average Bonchev–Trinajstić information content (AvgIpc) is 2.93. The van der Waals surface area contributed by atoms with E-state index < -0.39 is 29.5 Å². The Hall–Kier alpha value is -4.86. The van der Waals surface area contributed by atoms with Crippen LogP contribution in [-0.4, -0.2) is 25.0 Å². The third-order valence-corrected chi connectivity index (χ3v) is 5.56. The van der Waals surface area contributed by atoms with Crippen LogP contribution in [0.5, 0.6) is 11.5 Å². The number of urea groups is 1. The number of alkyl halides is 3. The number of hydrogen-bond acceptors (Lipinski definition) is 3. The first-order chi connectivity index (χ1) is 18.7. The van der Waals surface area contributed by atoms with Gasteiger partial charge in [0, 0.05) is 24.3 Å². The van der Waals surface area contributed by atoms with Crippen LogP contribution in [0.25, 0.3) is 0 Å². The van der Waals surface area contributed by atoms with Crippen LogP contribution in [0, 0.1) is 5.82 Å². The summed E-state index contributed by atoms with van der Waals surface area (Å²) in [6.07, 6.45) is -4.59. The molecule has 0 spiro atoms. The number of carbonyl (C=O) groups excluding carboxylic acids is 2. The normalized spacial score (nSPS) is 11.0. The van der Waals surface area contributed by atoms with Gasteiger partial charge in [0.1, 0.15) is 17.3 Å². The summed E-state index contributed by atoms with van der Waals surface area (Å²) in [5, 5.41) is 5.03. The monoisotopic (exact) mass is 537 g/mol. The van der Waals surface area contributed by atoms with Crippen LogP contribution in [0.1, 0.15) is 15.9 Å². The van der Waals surface area contributed by atoms with Gasteiger partial charge in [-0.2, -0.15) is 13.2 Å². The summed E-state index contributed by atoms with van der Waals surface area (Å²) < 4.78 is 58.9. The lowest BCUT2D eigenvalue weighted by atomic mass is 10.1. The maximum absolute atomic E-state index is 14.2. The number of hydrogen-bond donors (Lipinski definition) is 2. The average molecular weight is 538 g/mol. The molecule has 0 heterocycles. The third-order valence-electron chi connectivity index (χ3n) is 5.56. The highest BCUT2D eigenvalue weighted by atomic mass is 19.4. The molecular weight excluding hydrogens is 514 g/mol.